The van der Waals surface area contributed by atoms with Crippen LogP contribution in [0.3, 0.4) is 0 Å². The van der Waals surface area contributed by atoms with Crippen LogP contribution in [-0.2, 0) is 6.54 Å². The smallest absolute Gasteiger partial charge is 0.277 e. The van der Waals surface area contributed by atoms with Crippen molar-refractivity contribution in [2.24, 2.45) is 5.92 Å². The molecule has 0 fully saturated rings. The van der Waals surface area contributed by atoms with Crippen LogP contribution >= 0.6 is 0 Å². The topological polar surface area (TPSA) is 87.3 Å². The van der Waals surface area contributed by atoms with Crippen LogP contribution < -0.4 is 4.74 Å². The van der Waals surface area contributed by atoms with E-state index in [1.54, 1.807) is 18.5 Å². The Morgan fingerprint density at radius 3 is 2.33 bits per heavy atom. The molecule has 0 saturated carbocycles. The van der Waals surface area contributed by atoms with E-state index in [0.717, 1.165) is 11.1 Å². The summed E-state index contributed by atoms with van der Waals surface area (Å²) in [5, 5.41) is 16.1. The molecule has 0 unspecified atom stereocenters. The first-order chi connectivity index (χ1) is 14.0. The average Bonchev–Trinajstić information content (AvgIpc) is 2.99. The van der Waals surface area contributed by atoms with E-state index in [1.165, 1.54) is 12.1 Å². The van der Waals surface area contributed by atoms with E-state index in [-0.39, 0.29) is 11.5 Å². The highest BCUT2D eigenvalue weighted by molar-refractivity contribution is 6.12. The molecule has 7 nitrogen and oxygen atoms in total. The lowest BCUT2D eigenvalue weighted by Gasteiger charge is -2.15. The van der Waals surface area contributed by atoms with Crippen molar-refractivity contribution in [1.29, 1.82) is 0 Å². The first kappa shape index (κ1) is 23.3. The molecule has 0 radical (unpaired) electrons. The van der Waals surface area contributed by atoms with Crippen molar-refractivity contribution in [2.75, 3.05) is 6.61 Å². The Kier molecular flexibility index (Phi) is 7.18. The van der Waals surface area contributed by atoms with Crippen molar-refractivity contribution in [2.45, 2.75) is 61.9 Å². The second-order valence-corrected chi connectivity index (χ2v) is 8.13. The van der Waals surface area contributed by atoms with Gasteiger partial charge in [-0.05, 0) is 64.7 Å². The molecule has 0 N–H and O–H groups in total. The van der Waals surface area contributed by atoms with Crippen LogP contribution in [-0.4, -0.2) is 27.1 Å². The molecule has 0 aliphatic carbocycles. The number of nitro groups is 1. The Morgan fingerprint density at radius 2 is 1.83 bits per heavy atom. The molecular formula is C23H31N3O4. The number of nitro benzene ring substituents is 1. The highest BCUT2D eigenvalue weighted by atomic mass is 16.6. The lowest BCUT2D eigenvalue weighted by atomic mass is 9.90. The van der Waals surface area contributed by atoms with Crippen LogP contribution in [0.4, 0.5) is 5.69 Å². The number of rotatable bonds is 8. The van der Waals surface area contributed by atoms with E-state index < -0.39 is 4.92 Å². The van der Waals surface area contributed by atoms with Crippen LogP contribution in [0.2, 0.25) is 0 Å². The first-order valence-corrected chi connectivity index (χ1v) is 10.2. The van der Waals surface area contributed by atoms with Gasteiger partial charge in [0.2, 0.25) is 11.7 Å². The van der Waals surface area contributed by atoms with E-state index in [1.807, 2.05) is 41.5 Å². The third-order valence-electron chi connectivity index (χ3n) is 5.17. The maximum absolute atomic E-state index is 13.6. The Morgan fingerprint density at radius 1 is 1.20 bits per heavy atom. The fourth-order valence-corrected chi connectivity index (χ4v) is 3.38. The van der Waals surface area contributed by atoms with Gasteiger partial charge in [0.1, 0.15) is 5.56 Å². The third kappa shape index (κ3) is 4.45. The number of aryl methyl sites for hydroxylation is 2. The normalized spacial score (nSPS) is 11.0. The zero-order valence-electron chi connectivity index (χ0n) is 19.1. The SMILES string of the molecule is CCn1nc(C)c(C(=O)c2ccc([N+](=O)[O-])c(C(C)=C(C)C)c2C)c1OCC(C)C. The van der Waals surface area contributed by atoms with E-state index >= 15 is 0 Å². The highest BCUT2D eigenvalue weighted by Gasteiger charge is 2.28. The Hall–Kier alpha value is -2.96. The predicted molar refractivity (Wildman–Crippen MR) is 118 cm³/mol. The molecule has 162 valence electrons. The zero-order chi connectivity index (χ0) is 22.7. The summed E-state index contributed by atoms with van der Waals surface area (Å²) in [6, 6.07) is 2.95. The largest absolute Gasteiger partial charge is 0.477 e. The molecular weight excluding hydrogens is 382 g/mol. The third-order valence-corrected chi connectivity index (χ3v) is 5.17. The second kappa shape index (κ2) is 9.24. The molecule has 0 aliphatic heterocycles. The molecule has 1 aromatic heterocycles. The summed E-state index contributed by atoms with van der Waals surface area (Å²) in [5.74, 6) is 0.509. The van der Waals surface area contributed by atoms with Crippen molar-refractivity contribution in [3.8, 4) is 5.88 Å². The standard InChI is InChI=1S/C23H31N3O4/c1-9-25-23(30-12-13(2)3)21(17(8)24-25)22(27)18-10-11-19(26(28)29)20(16(18)7)15(6)14(4)5/h10-11,13H,9,12H2,1-8H3. The number of ketones is 1. The van der Waals surface area contributed by atoms with Crippen LogP contribution in [0.1, 0.15) is 74.3 Å². The molecule has 0 amide bonds. The van der Waals surface area contributed by atoms with Gasteiger partial charge < -0.3 is 4.74 Å². The number of carbonyl (C=O) groups is 1. The first-order valence-electron chi connectivity index (χ1n) is 10.2. The number of benzene rings is 1. The van der Waals surface area contributed by atoms with E-state index in [0.29, 0.717) is 52.9 Å². The molecule has 7 heteroatoms. The van der Waals surface area contributed by atoms with Crippen molar-refractivity contribution >= 4 is 17.0 Å². The van der Waals surface area contributed by atoms with Gasteiger partial charge in [-0.2, -0.15) is 5.10 Å². The van der Waals surface area contributed by atoms with Gasteiger partial charge >= 0.3 is 0 Å². The monoisotopic (exact) mass is 413 g/mol. The van der Waals surface area contributed by atoms with Gasteiger partial charge in [0.05, 0.1) is 22.8 Å². The summed E-state index contributed by atoms with van der Waals surface area (Å²) in [4.78, 5) is 24.8. The number of allylic oxidation sites excluding steroid dienone is 2. The summed E-state index contributed by atoms with van der Waals surface area (Å²) in [6.45, 7) is 16.2. The number of hydrogen-bond donors (Lipinski definition) is 0. The summed E-state index contributed by atoms with van der Waals surface area (Å²) in [7, 11) is 0. The van der Waals surface area contributed by atoms with Gasteiger partial charge in [-0.15, -0.1) is 0 Å². The average molecular weight is 414 g/mol. The van der Waals surface area contributed by atoms with Crippen LogP contribution in [0.5, 0.6) is 5.88 Å². The number of ether oxygens (including phenoxy) is 1. The molecule has 0 atom stereocenters. The number of aromatic nitrogens is 2. The van der Waals surface area contributed by atoms with Crippen molar-refractivity contribution < 1.29 is 14.5 Å². The van der Waals surface area contributed by atoms with Crippen LogP contribution in [0, 0.1) is 29.9 Å². The van der Waals surface area contributed by atoms with Gasteiger partial charge in [0, 0.05) is 18.2 Å². The fraction of sp³-hybridized carbons (Fsp3) is 0.478. The number of nitrogens with zero attached hydrogens (tertiary/aromatic N) is 3. The molecule has 30 heavy (non-hydrogen) atoms. The maximum atomic E-state index is 13.6. The molecule has 2 rings (SSSR count). The molecule has 0 bridgehead atoms. The van der Waals surface area contributed by atoms with Crippen molar-refractivity contribution in [3.05, 3.63) is 55.8 Å². The van der Waals surface area contributed by atoms with E-state index in [9.17, 15) is 14.9 Å². The Labute approximate surface area is 177 Å². The van der Waals surface area contributed by atoms with Gasteiger partial charge in [0.25, 0.3) is 5.69 Å². The second-order valence-electron chi connectivity index (χ2n) is 8.13. The summed E-state index contributed by atoms with van der Waals surface area (Å²) < 4.78 is 7.65. The summed E-state index contributed by atoms with van der Waals surface area (Å²) >= 11 is 0. The molecule has 0 aliphatic rings. The molecule has 0 saturated heterocycles. The molecule has 1 aromatic carbocycles. The van der Waals surface area contributed by atoms with E-state index in [4.69, 9.17) is 4.74 Å². The van der Waals surface area contributed by atoms with Crippen LogP contribution in [0.25, 0.3) is 5.57 Å². The van der Waals surface area contributed by atoms with E-state index in [2.05, 4.69) is 5.10 Å². The van der Waals surface area contributed by atoms with Gasteiger partial charge in [0.15, 0.2) is 0 Å². The molecule has 1 heterocycles. The maximum Gasteiger partial charge on any atom is 0.277 e. The summed E-state index contributed by atoms with van der Waals surface area (Å²) in [5.41, 5.74) is 4.26. The molecule has 0 spiro atoms. The lowest BCUT2D eigenvalue weighted by molar-refractivity contribution is -0.385. The summed E-state index contributed by atoms with van der Waals surface area (Å²) in [6.07, 6.45) is 0. The predicted octanol–water partition coefficient (Wildman–Crippen LogP) is 5.51. The minimum Gasteiger partial charge on any atom is -0.477 e. The Bertz CT molecular complexity index is 1010. The van der Waals surface area contributed by atoms with Gasteiger partial charge in [-0.25, -0.2) is 4.68 Å². The molecule has 2 aromatic rings. The lowest BCUT2D eigenvalue weighted by Crippen LogP contribution is -2.13. The van der Waals surface area contributed by atoms with Gasteiger partial charge in [-0.1, -0.05) is 19.4 Å². The minimum absolute atomic E-state index is 0.00000605. The highest BCUT2D eigenvalue weighted by Crippen LogP contribution is 2.35. The van der Waals surface area contributed by atoms with Crippen molar-refractivity contribution in [1.82, 2.24) is 9.78 Å². The van der Waals surface area contributed by atoms with Crippen LogP contribution in [0.15, 0.2) is 17.7 Å². The van der Waals surface area contributed by atoms with Crippen molar-refractivity contribution in [3.63, 3.8) is 0 Å². The minimum atomic E-state index is -0.402. The Balaban J connectivity index is 2.71. The zero-order valence-corrected chi connectivity index (χ0v) is 19.1. The fourth-order valence-electron chi connectivity index (χ4n) is 3.38. The number of hydrogen-bond acceptors (Lipinski definition) is 5. The number of carbonyl (C=O) groups excluding carboxylic acids is 1. The van der Waals surface area contributed by atoms with Gasteiger partial charge in [-0.3, -0.25) is 14.9 Å². The quantitative estimate of drug-likeness (QED) is 0.324.